The molecule has 0 saturated heterocycles. The molecule has 0 amide bonds. The van der Waals surface area contributed by atoms with Crippen molar-refractivity contribution in [1.29, 1.82) is 0 Å². The van der Waals surface area contributed by atoms with Gasteiger partial charge in [0.15, 0.2) is 0 Å². The standard InChI is InChI=1S/C57H40N2S/c1-57(2)49-34-38(22-30-47(49)48-32-28-44(36-50(48)57)59-53-15-7-9-17-55(53)60-56-18-10-8-16-54(56)59)20-19-37-21-29-45-41(33-37)25-26-42-35-43(27-31-46(42)45)58-51-13-5-3-11-39(51)23-24-40-12-4-6-14-52(40)58/h3-36H,1-2H3/b20-19+. The lowest BCUT2D eigenvalue weighted by molar-refractivity contribution is 0.660. The third-order valence-corrected chi connectivity index (χ3v) is 13.9. The number of nitrogens with zero attached hydrogens (tertiary/aromatic N) is 2. The third-order valence-electron chi connectivity index (χ3n) is 12.7. The van der Waals surface area contributed by atoms with Crippen LogP contribution in [0.25, 0.3) is 57.0 Å². The maximum absolute atomic E-state index is 2.44. The highest BCUT2D eigenvalue weighted by Gasteiger charge is 2.37. The molecular weight excluding hydrogens is 745 g/mol. The van der Waals surface area contributed by atoms with Gasteiger partial charge < -0.3 is 9.80 Å². The van der Waals surface area contributed by atoms with Crippen LogP contribution in [0, 0.1) is 0 Å². The lowest BCUT2D eigenvalue weighted by Gasteiger charge is -2.33. The molecule has 0 spiro atoms. The maximum Gasteiger partial charge on any atom is 0.0601 e. The van der Waals surface area contributed by atoms with Crippen LogP contribution in [0.3, 0.4) is 0 Å². The molecule has 3 heteroatoms. The highest BCUT2D eigenvalue weighted by atomic mass is 32.2. The summed E-state index contributed by atoms with van der Waals surface area (Å²) in [6.07, 6.45) is 8.97. The summed E-state index contributed by atoms with van der Waals surface area (Å²) >= 11 is 1.85. The molecule has 0 fully saturated rings. The van der Waals surface area contributed by atoms with Crippen molar-refractivity contribution in [3.05, 3.63) is 215 Å². The van der Waals surface area contributed by atoms with Crippen LogP contribution in [0.1, 0.15) is 47.2 Å². The van der Waals surface area contributed by atoms with Gasteiger partial charge in [0.25, 0.3) is 0 Å². The lowest BCUT2D eigenvalue weighted by atomic mass is 9.81. The number of anilines is 6. The minimum absolute atomic E-state index is 0.144. The molecule has 9 aromatic carbocycles. The van der Waals surface area contributed by atoms with E-state index in [1.165, 1.54) is 104 Å². The summed E-state index contributed by atoms with van der Waals surface area (Å²) in [7, 11) is 0. The second-order valence-electron chi connectivity index (χ2n) is 16.6. The first-order valence-electron chi connectivity index (χ1n) is 20.7. The molecule has 0 N–H and O–H groups in total. The topological polar surface area (TPSA) is 6.48 Å². The summed E-state index contributed by atoms with van der Waals surface area (Å²) in [4.78, 5) is 7.39. The van der Waals surface area contributed by atoms with Crippen molar-refractivity contribution in [3.63, 3.8) is 0 Å². The highest BCUT2D eigenvalue weighted by molar-refractivity contribution is 7.99. The molecule has 3 aliphatic rings. The van der Waals surface area contributed by atoms with Crippen molar-refractivity contribution >= 4 is 91.7 Å². The fourth-order valence-corrected chi connectivity index (χ4v) is 10.8. The predicted molar refractivity (Wildman–Crippen MR) is 257 cm³/mol. The molecule has 0 unspecified atom stereocenters. The SMILES string of the molecule is CC1(C)c2cc(/C=C/c3ccc4c(ccc5cc(N6c7ccccc7C=Cc7ccccc76)ccc54)c3)ccc2-c2ccc(N3c4ccccc4Sc4ccccc43)cc21. The van der Waals surface area contributed by atoms with Gasteiger partial charge in [-0.05, 0) is 133 Å². The van der Waals surface area contributed by atoms with Gasteiger partial charge in [-0.15, -0.1) is 0 Å². The van der Waals surface area contributed by atoms with Crippen molar-refractivity contribution in [2.75, 3.05) is 9.80 Å². The summed E-state index contributed by atoms with van der Waals surface area (Å²) in [6.45, 7) is 4.75. The Balaban J connectivity index is 0.843. The zero-order valence-corrected chi connectivity index (χ0v) is 34.2. The molecule has 2 heterocycles. The van der Waals surface area contributed by atoms with Gasteiger partial charge in [-0.1, -0.05) is 165 Å². The van der Waals surface area contributed by atoms with Crippen LogP contribution in [0.15, 0.2) is 192 Å². The van der Waals surface area contributed by atoms with Crippen LogP contribution in [0.5, 0.6) is 0 Å². The summed E-state index contributed by atoms with van der Waals surface area (Å²) in [5.41, 5.74) is 17.3. The van der Waals surface area contributed by atoms with Crippen LogP contribution < -0.4 is 9.80 Å². The Morgan fingerprint density at radius 1 is 0.417 bits per heavy atom. The second kappa shape index (κ2) is 13.5. The van der Waals surface area contributed by atoms with E-state index in [0.29, 0.717) is 0 Å². The Bertz CT molecular complexity index is 3200. The summed E-state index contributed by atoms with van der Waals surface area (Å²) in [6, 6.07) is 67.2. The molecule has 2 aliphatic heterocycles. The Kier molecular flexibility index (Phi) is 7.85. The fraction of sp³-hybridized carbons (Fsp3) is 0.0526. The molecule has 284 valence electrons. The average molecular weight is 785 g/mol. The van der Waals surface area contributed by atoms with Crippen molar-refractivity contribution in [3.8, 4) is 11.1 Å². The van der Waals surface area contributed by atoms with E-state index in [0.717, 1.165) is 5.69 Å². The fourth-order valence-electron chi connectivity index (χ4n) is 9.73. The molecule has 1 aliphatic carbocycles. The molecule has 0 atom stereocenters. The molecule has 0 aromatic heterocycles. The predicted octanol–water partition coefficient (Wildman–Crippen LogP) is 16.4. The molecule has 2 nitrogen and oxygen atoms in total. The van der Waals surface area contributed by atoms with Gasteiger partial charge in [0.2, 0.25) is 0 Å². The van der Waals surface area contributed by atoms with Crippen molar-refractivity contribution < 1.29 is 0 Å². The van der Waals surface area contributed by atoms with Crippen molar-refractivity contribution in [2.24, 2.45) is 0 Å². The molecule has 0 bridgehead atoms. The first-order chi connectivity index (χ1) is 29.5. The largest absolute Gasteiger partial charge is 0.309 e. The Labute approximate surface area is 355 Å². The monoisotopic (exact) mass is 784 g/mol. The third kappa shape index (κ3) is 5.50. The van der Waals surface area contributed by atoms with Crippen molar-refractivity contribution in [2.45, 2.75) is 29.1 Å². The molecule has 0 radical (unpaired) electrons. The second-order valence-corrected chi connectivity index (χ2v) is 17.7. The number of hydrogen-bond acceptors (Lipinski definition) is 3. The molecule has 9 aromatic rings. The highest BCUT2D eigenvalue weighted by Crippen LogP contribution is 2.55. The van der Waals surface area contributed by atoms with Gasteiger partial charge in [-0.25, -0.2) is 0 Å². The number of para-hydroxylation sites is 4. The Morgan fingerprint density at radius 3 is 1.55 bits per heavy atom. The van der Waals surface area contributed by atoms with Crippen molar-refractivity contribution in [1.82, 2.24) is 0 Å². The smallest absolute Gasteiger partial charge is 0.0601 e. The summed E-state index contributed by atoms with van der Waals surface area (Å²) < 4.78 is 0. The summed E-state index contributed by atoms with van der Waals surface area (Å²) in [5.74, 6) is 0. The quantitative estimate of drug-likeness (QED) is 0.130. The summed E-state index contributed by atoms with van der Waals surface area (Å²) in [5, 5.41) is 5.00. The van der Waals surface area contributed by atoms with Gasteiger partial charge in [0.1, 0.15) is 0 Å². The number of rotatable bonds is 4. The van der Waals surface area contributed by atoms with E-state index in [-0.39, 0.29) is 5.41 Å². The zero-order valence-electron chi connectivity index (χ0n) is 33.4. The van der Waals surface area contributed by atoms with E-state index in [9.17, 15) is 0 Å². The van der Waals surface area contributed by atoms with Gasteiger partial charge in [0, 0.05) is 26.6 Å². The van der Waals surface area contributed by atoms with Gasteiger partial charge in [-0.3, -0.25) is 0 Å². The first kappa shape index (κ1) is 34.9. The molecular formula is C57H40N2S. The van der Waals surface area contributed by atoms with Crippen LogP contribution in [0.4, 0.5) is 34.1 Å². The van der Waals surface area contributed by atoms with E-state index in [1.807, 2.05) is 11.8 Å². The minimum Gasteiger partial charge on any atom is -0.309 e. The van der Waals surface area contributed by atoms with Crippen LogP contribution in [-0.4, -0.2) is 0 Å². The van der Waals surface area contributed by atoms with Crippen LogP contribution in [0.2, 0.25) is 0 Å². The van der Waals surface area contributed by atoms with Crippen LogP contribution in [-0.2, 0) is 5.41 Å². The lowest BCUT2D eigenvalue weighted by Crippen LogP contribution is -2.18. The van der Waals surface area contributed by atoms with E-state index in [1.54, 1.807) is 0 Å². The van der Waals surface area contributed by atoms with E-state index >= 15 is 0 Å². The Morgan fingerprint density at radius 2 is 0.883 bits per heavy atom. The normalized spacial score (nSPS) is 14.4. The minimum atomic E-state index is -0.144. The molecule has 12 rings (SSSR count). The van der Waals surface area contributed by atoms with Crippen LogP contribution >= 0.6 is 11.8 Å². The number of fused-ring (bicyclic) bond motifs is 10. The molecule has 0 saturated carbocycles. The zero-order chi connectivity index (χ0) is 40.0. The maximum atomic E-state index is 2.44. The average Bonchev–Trinajstić information content (AvgIpc) is 3.39. The van der Waals surface area contributed by atoms with E-state index in [2.05, 4.69) is 230 Å². The van der Waals surface area contributed by atoms with E-state index < -0.39 is 0 Å². The molecule has 60 heavy (non-hydrogen) atoms. The van der Waals surface area contributed by atoms with E-state index in [4.69, 9.17) is 0 Å². The number of benzene rings is 9. The number of hydrogen-bond donors (Lipinski definition) is 0. The Hall–Kier alpha value is -7.07. The van der Waals surface area contributed by atoms with Gasteiger partial charge in [0.05, 0.1) is 22.7 Å². The first-order valence-corrected chi connectivity index (χ1v) is 21.6. The van der Waals surface area contributed by atoms with Gasteiger partial charge >= 0.3 is 0 Å². The van der Waals surface area contributed by atoms with Gasteiger partial charge in [-0.2, -0.15) is 0 Å².